The quantitative estimate of drug-likeness (QED) is 0.193. The Bertz CT molecular complexity index is 1750. The van der Waals surface area contributed by atoms with Gasteiger partial charge < -0.3 is 15.0 Å². The van der Waals surface area contributed by atoms with E-state index in [0.29, 0.717) is 27.8 Å². The Morgan fingerprint density at radius 2 is 1.70 bits per heavy atom. The van der Waals surface area contributed by atoms with Crippen molar-refractivity contribution in [2.24, 2.45) is 0 Å². The maximum atomic E-state index is 14.3. The van der Waals surface area contributed by atoms with Crippen LogP contribution in [0, 0.1) is 0 Å². The molecule has 0 atom stereocenters. The Morgan fingerprint density at radius 3 is 2.47 bits per heavy atom. The molecule has 43 heavy (non-hydrogen) atoms. The molecule has 1 saturated carbocycles. The van der Waals surface area contributed by atoms with Crippen LogP contribution in [0.15, 0.2) is 97.3 Å². The Hall–Kier alpha value is -4.20. The second-order valence-electron chi connectivity index (χ2n) is 10.8. The van der Waals surface area contributed by atoms with Crippen molar-refractivity contribution < 1.29 is 14.3 Å². The number of carbonyl (C=O) groups is 2. The minimum absolute atomic E-state index is 0.0170. The number of methoxy groups -OCH3 is 1. The van der Waals surface area contributed by atoms with Crippen LogP contribution >= 0.6 is 22.9 Å². The zero-order valence-electron chi connectivity index (χ0n) is 23.8. The third kappa shape index (κ3) is 6.43. The number of hydrogen-bond acceptors (Lipinski definition) is 5. The van der Waals surface area contributed by atoms with Gasteiger partial charge in [0.1, 0.15) is 10.6 Å². The maximum Gasteiger partial charge on any atom is 0.266 e. The largest absolute Gasteiger partial charge is 0.497 e. The second kappa shape index (κ2) is 13.0. The zero-order chi connectivity index (χ0) is 29.8. The van der Waals surface area contributed by atoms with Gasteiger partial charge in [0.05, 0.1) is 12.1 Å². The van der Waals surface area contributed by atoms with Gasteiger partial charge in [0.15, 0.2) is 0 Å². The third-order valence-corrected chi connectivity index (χ3v) is 9.75. The molecule has 0 saturated heterocycles. The van der Waals surface area contributed by atoms with Gasteiger partial charge in [-0.25, -0.2) is 0 Å². The normalized spacial score (nSPS) is 16.5. The summed E-state index contributed by atoms with van der Waals surface area (Å²) in [5.41, 5.74) is 3.78. The molecule has 2 aromatic heterocycles. The lowest BCUT2D eigenvalue weighted by molar-refractivity contribution is 0.0597. The molecule has 2 heterocycles. The second-order valence-corrected chi connectivity index (χ2v) is 12.3. The van der Waals surface area contributed by atoms with E-state index >= 15 is 0 Å². The van der Waals surface area contributed by atoms with E-state index in [0.717, 1.165) is 52.5 Å². The van der Waals surface area contributed by atoms with Gasteiger partial charge in [0, 0.05) is 46.7 Å². The maximum absolute atomic E-state index is 14.3. The molecule has 1 aliphatic rings. The van der Waals surface area contributed by atoms with Crippen LogP contribution in [0.25, 0.3) is 21.2 Å². The number of hydrogen-bond donors (Lipinski definition) is 1. The van der Waals surface area contributed by atoms with Gasteiger partial charge in [-0.05, 0) is 84.8 Å². The van der Waals surface area contributed by atoms with Crippen molar-refractivity contribution in [3.05, 3.63) is 118 Å². The molecule has 1 N–H and O–H groups in total. The predicted octanol–water partition coefficient (Wildman–Crippen LogP) is 8.01. The number of thiophene rings is 1. The number of ether oxygens (including phenoxy) is 1. The molecule has 0 radical (unpaired) electrons. The number of pyridine rings is 1. The van der Waals surface area contributed by atoms with Crippen molar-refractivity contribution in [1.82, 2.24) is 15.2 Å². The summed E-state index contributed by atoms with van der Waals surface area (Å²) >= 11 is 8.25. The molecule has 0 aliphatic heterocycles. The fourth-order valence-electron chi connectivity index (χ4n) is 5.80. The summed E-state index contributed by atoms with van der Waals surface area (Å²) in [6.07, 6.45) is 6.69. The highest BCUT2D eigenvalue weighted by Crippen LogP contribution is 2.37. The molecule has 3 aromatic carbocycles. The van der Waals surface area contributed by atoms with Gasteiger partial charge >= 0.3 is 0 Å². The highest BCUT2D eigenvalue weighted by molar-refractivity contribution is 7.21. The Balaban J connectivity index is 1.23. The molecule has 6 rings (SSSR count). The lowest BCUT2D eigenvalue weighted by Gasteiger charge is -2.37. The van der Waals surface area contributed by atoms with E-state index in [1.165, 1.54) is 11.3 Å². The van der Waals surface area contributed by atoms with E-state index in [1.54, 1.807) is 31.6 Å². The van der Waals surface area contributed by atoms with Crippen LogP contribution in [0.4, 0.5) is 0 Å². The van der Waals surface area contributed by atoms with E-state index in [9.17, 15) is 9.59 Å². The first-order chi connectivity index (χ1) is 21.0. The van der Waals surface area contributed by atoms with Gasteiger partial charge in [-0.15, -0.1) is 11.3 Å². The standard InChI is InChI=1S/C35H32ClN3O3S/c1-42-29-9-5-8-26(21-29)34(40)38-27-12-14-28(15-13-27)39(35(41)33-32(36)30-10-2-3-11-31(30)43-33)22-23-6-4-7-25(20-23)24-16-18-37-19-17-24/h2-11,16-21,27-28H,12-15,22H2,1H3,(H,38,40). The number of benzene rings is 3. The van der Waals surface area contributed by atoms with Crippen LogP contribution in [-0.2, 0) is 6.54 Å². The van der Waals surface area contributed by atoms with E-state index in [2.05, 4.69) is 28.5 Å². The first-order valence-corrected chi connectivity index (χ1v) is 15.6. The first kappa shape index (κ1) is 28.9. The highest BCUT2D eigenvalue weighted by atomic mass is 35.5. The number of carbonyl (C=O) groups excluding carboxylic acids is 2. The number of halogens is 1. The van der Waals surface area contributed by atoms with Crippen LogP contribution in [0.5, 0.6) is 5.75 Å². The summed E-state index contributed by atoms with van der Waals surface area (Å²) in [7, 11) is 1.59. The molecule has 8 heteroatoms. The average molecular weight is 610 g/mol. The number of nitrogens with zero attached hydrogens (tertiary/aromatic N) is 2. The van der Waals surface area contributed by atoms with E-state index in [-0.39, 0.29) is 23.9 Å². The Kier molecular flexibility index (Phi) is 8.72. The van der Waals surface area contributed by atoms with Crippen molar-refractivity contribution in [1.29, 1.82) is 0 Å². The van der Waals surface area contributed by atoms with Gasteiger partial charge in [0.25, 0.3) is 11.8 Å². The van der Waals surface area contributed by atoms with Crippen molar-refractivity contribution in [3.63, 3.8) is 0 Å². The zero-order valence-corrected chi connectivity index (χ0v) is 25.4. The van der Waals surface area contributed by atoms with Crippen LogP contribution in [0.3, 0.4) is 0 Å². The summed E-state index contributed by atoms with van der Waals surface area (Å²) in [4.78, 5) is 33.9. The summed E-state index contributed by atoms with van der Waals surface area (Å²) in [6, 6.07) is 27.4. The van der Waals surface area contributed by atoms with Crippen LogP contribution in [0.1, 0.15) is 51.3 Å². The van der Waals surface area contributed by atoms with E-state index in [4.69, 9.17) is 16.3 Å². The van der Waals surface area contributed by atoms with Crippen LogP contribution in [-0.4, -0.2) is 40.9 Å². The number of fused-ring (bicyclic) bond motifs is 1. The number of nitrogens with one attached hydrogen (secondary N) is 1. The molecule has 6 nitrogen and oxygen atoms in total. The van der Waals surface area contributed by atoms with E-state index in [1.807, 2.05) is 59.5 Å². The summed E-state index contributed by atoms with van der Waals surface area (Å²) < 4.78 is 6.27. The fraction of sp³-hybridized carbons (Fsp3) is 0.229. The smallest absolute Gasteiger partial charge is 0.266 e. The number of rotatable bonds is 8. The molecule has 5 aromatic rings. The van der Waals surface area contributed by atoms with Crippen molar-refractivity contribution in [3.8, 4) is 16.9 Å². The molecule has 0 spiro atoms. The van der Waals surface area contributed by atoms with Gasteiger partial charge in [-0.2, -0.15) is 0 Å². The molecule has 1 fully saturated rings. The number of aromatic nitrogens is 1. The van der Waals surface area contributed by atoms with Crippen molar-refractivity contribution in [2.45, 2.75) is 44.3 Å². The topological polar surface area (TPSA) is 71.5 Å². The highest BCUT2D eigenvalue weighted by Gasteiger charge is 2.32. The minimum Gasteiger partial charge on any atom is -0.497 e. The molecule has 0 unspecified atom stereocenters. The van der Waals surface area contributed by atoms with E-state index < -0.39 is 0 Å². The molecular weight excluding hydrogens is 578 g/mol. The lowest BCUT2D eigenvalue weighted by atomic mass is 9.89. The number of amides is 2. The fourth-order valence-corrected chi connectivity index (χ4v) is 7.27. The molecule has 0 bridgehead atoms. The first-order valence-electron chi connectivity index (χ1n) is 14.4. The van der Waals surface area contributed by atoms with Gasteiger partial charge in [-0.3, -0.25) is 14.6 Å². The van der Waals surface area contributed by atoms with Crippen molar-refractivity contribution >= 4 is 44.8 Å². The minimum atomic E-state index is -0.111. The summed E-state index contributed by atoms with van der Waals surface area (Å²) in [5, 5.41) is 4.61. The molecular formula is C35H32ClN3O3S. The summed E-state index contributed by atoms with van der Waals surface area (Å²) in [6.45, 7) is 0.466. The third-order valence-electron chi connectivity index (χ3n) is 8.09. The Morgan fingerprint density at radius 1 is 0.930 bits per heavy atom. The SMILES string of the molecule is COc1cccc(C(=O)NC2CCC(N(Cc3cccc(-c4ccncc4)c3)C(=O)c3sc4ccccc4c3Cl)CC2)c1. The molecule has 2 amide bonds. The average Bonchev–Trinajstić information content (AvgIpc) is 3.40. The van der Waals surface area contributed by atoms with Gasteiger partial charge in [-0.1, -0.05) is 54.1 Å². The lowest BCUT2D eigenvalue weighted by Crippen LogP contribution is -2.45. The van der Waals surface area contributed by atoms with Crippen molar-refractivity contribution in [2.75, 3.05) is 7.11 Å². The Labute approximate surface area is 260 Å². The summed E-state index contributed by atoms with van der Waals surface area (Å²) in [5.74, 6) is 0.489. The monoisotopic (exact) mass is 609 g/mol. The van der Waals surface area contributed by atoms with Gasteiger partial charge in [0.2, 0.25) is 0 Å². The van der Waals surface area contributed by atoms with Crippen LogP contribution in [0.2, 0.25) is 5.02 Å². The molecule has 218 valence electrons. The van der Waals surface area contributed by atoms with Crippen LogP contribution < -0.4 is 10.1 Å². The predicted molar refractivity (Wildman–Crippen MR) is 173 cm³/mol. The molecule has 1 aliphatic carbocycles.